The fourth-order valence-electron chi connectivity index (χ4n) is 3.04. The lowest BCUT2D eigenvalue weighted by atomic mass is 10.1. The van der Waals surface area contributed by atoms with Gasteiger partial charge in [-0.2, -0.15) is 0 Å². The van der Waals surface area contributed by atoms with E-state index in [0.717, 1.165) is 49.3 Å². The van der Waals surface area contributed by atoms with Crippen molar-refractivity contribution in [2.45, 2.75) is 27.7 Å². The van der Waals surface area contributed by atoms with Crippen LogP contribution in [0.5, 0.6) is 0 Å². The van der Waals surface area contributed by atoms with Crippen molar-refractivity contribution in [1.82, 2.24) is 14.9 Å². The van der Waals surface area contributed by atoms with Gasteiger partial charge in [-0.25, -0.2) is 9.97 Å². The molecule has 1 aliphatic heterocycles. The van der Waals surface area contributed by atoms with Crippen LogP contribution in [0.4, 0.5) is 17.3 Å². The number of nitrogens with zero attached hydrogens (tertiary/aromatic N) is 4. The SMILES string of the molecule is CC(=O)N1CCN(c2cc(Nc3cc(C)ccc3C)nc(C)n2)CC1. The van der Waals surface area contributed by atoms with Gasteiger partial charge in [0.25, 0.3) is 0 Å². The van der Waals surface area contributed by atoms with Crippen LogP contribution in [0, 0.1) is 20.8 Å². The number of carbonyl (C=O) groups excluding carboxylic acids is 1. The van der Waals surface area contributed by atoms with Gasteiger partial charge in [0.15, 0.2) is 0 Å². The van der Waals surface area contributed by atoms with E-state index in [1.165, 1.54) is 11.1 Å². The summed E-state index contributed by atoms with van der Waals surface area (Å²) in [4.78, 5) is 24.7. The number of hydrogen-bond donors (Lipinski definition) is 1. The van der Waals surface area contributed by atoms with Gasteiger partial charge in [0.05, 0.1) is 0 Å². The highest BCUT2D eigenvalue weighted by molar-refractivity contribution is 5.73. The summed E-state index contributed by atoms with van der Waals surface area (Å²) in [7, 11) is 0. The minimum Gasteiger partial charge on any atom is -0.353 e. The first-order valence-electron chi connectivity index (χ1n) is 8.63. The predicted molar refractivity (Wildman–Crippen MR) is 100 cm³/mol. The molecular weight excluding hydrogens is 314 g/mol. The van der Waals surface area contributed by atoms with E-state index >= 15 is 0 Å². The number of anilines is 3. The van der Waals surface area contributed by atoms with Crippen molar-refractivity contribution in [3.63, 3.8) is 0 Å². The number of piperazine rings is 1. The van der Waals surface area contributed by atoms with Gasteiger partial charge in [0, 0.05) is 44.9 Å². The van der Waals surface area contributed by atoms with Crippen LogP contribution >= 0.6 is 0 Å². The van der Waals surface area contributed by atoms with E-state index in [0.29, 0.717) is 0 Å². The largest absolute Gasteiger partial charge is 0.353 e. The highest BCUT2D eigenvalue weighted by atomic mass is 16.2. The predicted octanol–water partition coefficient (Wildman–Crippen LogP) is 2.81. The number of aryl methyl sites for hydroxylation is 3. The zero-order chi connectivity index (χ0) is 18.0. The van der Waals surface area contributed by atoms with Crippen LogP contribution in [0.2, 0.25) is 0 Å². The van der Waals surface area contributed by atoms with E-state index in [-0.39, 0.29) is 5.91 Å². The zero-order valence-corrected chi connectivity index (χ0v) is 15.3. The van der Waals surface area contributed by atoms with Gasteiger partial charge in [-0.3, -0.25) is 4.79 Å². The van der Waals surface area contributed by atoms with Crippen molar-refractivity contribution < 1.29 is 4.79 Å². The molecule has 2 heterocycles. The summed E-state index contributed by atoms with van der Waals surface area (Å²) in [5.74, 6) is 2.57. The lowest BCUT2D eigenvalue weighted by Crippen LogP contribution is -2.48. The second-order valence-corrected chi connectivity index (χ2v) is 6.60. The Bertz CT molecular complexity index is 781. The Balaban J connectivity index is 1.79. The van der Waals surface area contributed by atoms with Gasteiger partial charge in [0.1, 0.15) is 17.5 Å². The summed E-state index contributed by atoms with van der Waals surface area (Å²) in [5.41, 5.74) is 3.45. The molecule has 6 nitrogen and oxygen atoms in total. The van der Waals surface area contributed by atoms with Crippen LogP contribution in [0.15, 0.2) is 24.3 Å². The number of benzene rings is 1. The Hall–Kier alpha value is -2.63. The quantitative estimate of drug-likeness (QED) is 0.932. The molecular formula is C19H25N5O. The molecule has 1 amide bonds. The first-order chi connectivity index (χ1) is 11.9. The summed E-state index contributed by atoms with van der Waals surface area (Å²) >= 11 is 0. The summed E-state index contributed by atoms with van der Waals surface area (Å²) in [6.07, 6.45) is 0. The molecule has 0 radical (unpaired) electrons. The van der Waals surface area contributed by atoms with Gasteiger partial charge in [-0.15, -0.1) is 0 Å². The molecule has 1 aliphatic rings. The van der Waals surface area contributed by atoms with E-state index < -0.39 is 0 Å². The monoisotopic (exact) mass is 339 g/mol. The highest BCUT2D eigenvalue weighted by Gasteiger charge is 2.20. The molecule has 0 atom stereocenters. The third kappa shape index (κ3) is 4.07. The summed E-state index contributed by atoms with van der Waals surface area (Å²) in [6, 6.07) is 8.32. The zero-order valence-electron chi connectivity index (χ0n) is 15.3. The molecule has 1 aromatic carbocycles. The summed E-state index contributed by atoms with van der Waals surface area (Å²) in [6.45, 7) is 10.7. The molecule has 0 unspecified atom stereocenters. The van der Waals surface area contributed by atoms with Crippen LogP contribution in [-0.2, 0) is 4.79 Å². The maximum atomic E-state index is 11.5. The number of nitrogens with one attached hydrogen (secondary N) is 1. The molecule has 0 aliphatic carbocycles. The second kappa shape index (κ2) is 7.09. The minimum absolute atomic E-state index is 0.135. The Kier molecular flexibility index (Phi) is 4.88. The molecule has 2 aromatic rings. The molecule has 1 fully saturated rings. The van der Waals surface area contributed by atoms with Crippen molar-refractivity contribution in [3.8, 4) is 0 Å². The fourth-order valence-corrected chi connectivity index (χ4v) is 3.04. The summed E-state index contributed by atoms with van der Waals surface area (Å²) < 4.78 is 0. The molecule has 3 rings (SSSR count). The Morgan fingerprint density at radius 1 is 1.04 bits per heavy atom. The standard InChI is InChI=1S/C19H25N5O/c1-13-5-6-14(2)17(11-13)22-18-12-19(21-15(3)20-18)24-9-7-23(8-10-24)16(4)25/h5-6,11-12H,7-10H2,1-4H3,(H,20,21,22). The lowest BCUT2D eigenvalue weighted by molar-refractivity contribution is -0.129. The maximum absolute atomic E-state index is 11.5. The first-order valence-corrected chi connectivity index (χ1v) is 8.63. The van der Waals surface area contributed by atoms with Gasteiger partial charge < -0.3 is 15.1 Å². The Labute approximate surface area is 148 Å². The molecule has 0 spiro atoms. The van der Waals surface area contributed by atoms with Gasteiger partial charge >= 0.3 is 0 Å². The average Bonchev–Trinajstić information content (AvgIpc) is 2.58. The van der Waals surface area contributed by atoms with Gasteiger partial charge in [-0.1, -0.05) is 12.1 Å². The third-order valence-corrected chi connectivity index (χ3v) is 4.53. The third-order valence-electron chi connectivity index (χ3n) is 4.53. The van der Waals surface area contributed by atoms with Crippen LogP contribution in [-0.4, -0.2) is 47.0 Å². The van der Waals surface area contributed by atoms with Gasteiger partial charge in [-0.05, 0) is 38.0 Å². The molecule has 132 valence electrons. The van der Waals surface area contributed by atoms with Crippen LogP contribution < -0.4 is 10.2 Å². The van der Waals surface area contributed by atoms with Crippen LogP contribution in [0.3, 0.4) is 0 Å². The number of amides is 1. The van der Waals surface area contributed by atoms with Crippen LogP contribution in [0.25, 0.3) is 0 Å². The average molecular weight is 339 g/mol. The molecule has 1 N–H and O–H groups in total. The van der Waals surface area contributed by atoms with Crippen molar-refractivity contribution >= 4 is 23.2 Å². The van der Waals surface area contributed by atoms with E-state index in [2.05, 4.69) is 52.2 Å². The smallest absolute Gasteiger partial charge is 0.219 e. The van der Waals surface area contributed by atoms with Crippen molar-refractivity contribution in [2.75, 3.05) is 36.4 Å². The van der Waals surface area contributed by atoms with Gasteiger partial charge in [0.2, 0.25) is 5.91 Å². The Morgan fingerprint density at radius 3 is 2.44 bits per heavy atom. The number of aromatic nitrogens is 2. The second-order valence-electron chi connectivity index (χ2n) is 6.60. The van der Waals surface area contributed by atoms with E-state index in [9.17, 15) is 4.79 Å². The molecule has 6 heteroatoms. The minimum atomic E-state index is 0.135. The number of rotatable bonds is 3. The lowest BCUT2D eigenvalue weighted by Gasteiger charge is -2.35. The first kappa shape index (κ1) is 17.2. The van der Waals surface area contributed by atoms with Crippen molar-refractivity contribution in [2.24, 2.45) is 0 Å². The molecule has 1 aromatic heterocycles. The normalized spacial score (nSPS) is 14.6. The van der Waals surface area contributed by atoms with Crippen molar-refractivity contribution in [3.05, 3.63) is 41.2 Å². The highest BCUT2D eigenvalue weighted by Crippen LogP contribution is 2.24. The molecule has 0 bridgehead atoms. The number of carbonyl (C=O) groups is 1. The van der Waals surface area contributed by atoms with E-state index in [4.69, 9.17) is 0 Å². The van der Waals surface area contributed by atoms with Crippen LogP contribution in [0.1, 0.15) is 23.9 Å². The number of hydrogen-bond acceptors (Lipinski definition) is 5. The van der Waals surface area contributed by atoms with E-state index in [1.807, 2.05) is 17.9 Å². The van der Waals surface area contributed by atoms with E-state index in [1.54, 1.807) is 6.92 Å². The molecule has 0 saturated carbocycles. The Morgan fingerprint density at radius 2 is 1.76 bits per heavy atom. The fraction of sp³-hybridized carbons (Fsp3) is 0.421. The molecule has 1 saturated heterocycles. The molecule has 25 heavy (non-hydrogen) atoms. The topological polar surface area (TPSA) is 61.4 Å². The summed E-state index contributed by atoms with van der Waals surface area (Å²) in [5, 5.41) is 3.42. The van der Waals surface area contributed by atoms with Crippen molar-refractivity contribution in [1.29, 1.82) is 0 Å². The maximum Gasteiger partial charge on any atom is 0.219 e.